The summed E-state index contributed by atoms with van der Waals surface area (Å²) in [4.78, 5) is 46.8. The van der Waals surface area contributed by atoms with Crippen molar-refractivity contribution in [2.45, 2.75) is 57.6 Å². The monoisotopic (exact) mass is 479 g/mol. The summed E-state index contributed by atoms with van der Waals surface area (Å²) in [6.45, 7) is 0.666. The van der Waals surface area contributed by atoms with E-state index in [2.05, 4.69) is 15.5 Å². The Morgan fingerprint density at radius 3 is 2.68 bits per heavy atom. The normalized spacial score (nSPS) is 26.7. The molecule has 2 heterocycles. The van der Waals surface area contributed by atoms with Crippen LogP contribution in [0.25, 0.3) is 0 Å². The van der Waals surface area contributed by atoms with E-state index >= 15 is 0 Å². The summed E-state index contributed by atoms with van der Waals surface area (Å²) in [7, 11) is -3.83. The second kappa shape index (κ2) is 8.88. The standard InChI is InChI=1S/C17H25N5O7S2/c1-6-17(7-2,9-23)29-21-11(10-8-30-15(18-5)19-10)13(24)20-12-14(25)22(16(12,3)4)31(26,27)28/h8-9,12H,6-7H2,1-5H3,(H,18,19)(H,20,24)(H,26,27,28)/b21-11-/t12-/m1/s1/i3D3,12D/t12-,16-. The van der Waals surface area contributed by atoms with E-state index in [0.717, 1.165) is 11.3 Å². The number of carbonyl (C=O) groups excluding carboxylic acids is 3. The molecule has 1 aliphatic heterocycles. The Labute approximate surface area is 189 Å². The molecule has 2 atom stereocenters. The van der Waals surface area contributed by atoms with Gasteiger partial charge in [-0.25, -0.2) is 9.29 Å². The van der Waals surface area contributed by atoms with Crippen molar-refractivity contribution in [2.24, 2.45) is 5.16 Å². The largest absolute Gasteiger partial charge is 0.381 e. The van der Waals surface area contributed by atoms with Crippen LogP contribution in [0.1, 0.15) is 51.6 Å². The van der Waals surface area contributed by atoms with Crippen LogP contribution >= 0.6 is 11.3 Å². The molecular weight excluding hydrogens is 450 g/mol. The first-order valence-corrected chi connectivity index (χ1v) is 11.3. The number of anilines is 1. The first-order chi connectivity index (χ1) is 16.0. The number of carbonyl (C=O) groups is 3. The van der Waals surface area contributed by atoms with Crippen LogP contribution in [0.4, 0.5) is 5.13 Å². The predicted molar refractivity (Wildman–Crippen MR) is 113 cm³/mol. The van der Waals surface area contributed by atoms with E-state index in [0.29, 0.717) is 18.3 Å². The van der Waals surface area contributed by atoms with E-state index < -0.39 is 51.8 Å². The molecule has 31 heavy (non-hydrogen) atoms. The number of amides is 2. The van der Waals surface area contributed by atoms with Crippen molar-refractivity contribution >= 4 is 50.6 Å². The van der Waals surface area contributed by atoms with Crippen molar-refractivity contribution in [3.8, 4) is 0 Å². The van der Waals surface area contributed by atoms with Gasteiger partial charge in [-0.2, -0.15) is 8.42 Å². The zero-order valence-corrected chi connectivity index (χ0v) is 18.8. The molecule has 3 N–H and O–H groups in total. The smallest absolute Gasteiger partial charge is 0.362 e. The Morgan fingerprint density at radius 2 is 2.23 bits per heavy atom. The van der Waals surface area contributed by atoms with Crippen LogP contribution in [0.5, 0.6) is 0 Å². The van der Waals surface area contributed by atoms with Crippen LogP contribution in [0, 0.1) is 0 Å². The van der Waals surface area contributed by atoms with Gasteiger partial charge in [0.05, 0.1) is 6.91 Å². The average Bonchev–Trinajstić information content (AvgIpc) is 3.24. The van der Waals surface area contributed by atoms with E-state index in [4.69, 9.17) is 10.3 Å². The molecule has 1 aromatic heterocycles. The Kier molecular flexibility index (Phi) is 5.48. The second-order valence-electron chi connectivity index (χ2n) is 6.66. The number of nitrogens with one attached hydrogen (secondary N) is 2. The maximum Gasteiger partial charge on any atom is 0.362 e. The van der Waals surface area contributed by atoms with Crippen molar-refractivity contribution in [1.29, 1.82) is 0 Å². The lowest BCUT2D eigenvalue weighted by atomic mass is 9.85. The van der Waals surface area contributed by atoms with Gasteiger partial charge in [0, 0.05) is 16.5 Å². The van der Waals surface area contributed by atoms with Gasteiger partial charge in [-0.3, -0.25) is 18.9 Å². The lowest BCUT2D eigenvalue weighted by Crippen LogP contribution is -2.77. The molecule has 0 aliphatic carbocycles. The molecule has 0 spiro atoms. The molecule has 14 heteroatoms. The fraction of sp³-hybridized carbons (Fsp3) is 0.588. The van der Waals surface area contributed by atoms with E-state index in [9.17, 15) is 27.4 Å². The SMILES string of the molecule is [2H]C([2H])([2H])[C@]1(C)N(S(=O)(=O)O)C(=O)[C@@]1([2H])NC(=O)/C(=N\OC(C=O)(CC)CC)c1csc(NC)n1. The van der Waals surface area contributed by atoms with Crippen molar-refractivity contribution < 1.29 is 37.7 Å². The average molecular weight is 480 g/mol. The van der Waals surface area contributed by atoms with Crippen LogP contribution in [0.3, 0.4) is 0 Å². The van der Waals surface area contributed by atoms with Gasteiger partial charge in [0.25, 0.3) is 11.8 Å². The van der Waals surface area contributed by atoms with Crippen molar-refractivity contribution in [3.63, 3.8) is 0 Å². The highest BCUT2D eigenvalue weighted by Crippen LogP contribution is 2.34. The molecule has 0 unspecified atom stereocenters. The first kappa shape index (κ1) is 19.1. The highest BCUT2D eigenvalue weighted by atomic mass is 32.2. The summed E-state index contributed by atoms with van der Waals surface area (Å²) in [6.07, 6.45) is 0.875. The maximum atomic E-state index is 13.2. The molecule has 2 amide bonds. The van der Waals surface area contributed by atoms with Gasteiger partial charge in [-0.05, 0) is 26.6 Å². The van der Waals surface area contributed by atoms with Gasteiger partial charge in [0.1, 0.15) is 11.7 Å². The molecule has 1 saturated heterocycles. The Balaban J connectivity index is 2.57. The van der Waals surface area contributed by atoms with E-state index in [1.165, 1.54) is 5.38 Å². The van der Waals surface area contributed by atoms with Gasteiger partial charge in [-0.15, -0.1) is 11.3 Å². The number of hydrogen-bond donors (Lipinski definition) is 3. The van der Waals surface area contributed by atoms with Crippen LogP contribution in [-0.2, 0) is 29.5 Å². The summed E-state index contributed by atoms with van der Waals surface area (Å²) in [6, 6.07) is -3.05. The number of β-lactam (4-membered cyclic amide) rings is 1. The van der Waals surface area contributed by atoms with E-state index in [-0.39, 0.29) is 22.8 Å². The Morgan fingerprint density at radius 1 is 1.58 bits per heavy atom. The molecule has 1 aliphatic rings. The molecule has 0 bridgehead atoms. The number of thiazole rings is 1. The summed E-state index contributed by atoms with van der Waals surface area (Å²) in [5.41, 5.74) is -4.97. The molecule has 0 aromatic carbocycles. The summed E-state index contributed by atoms with van der Waals surface area (Å²) in [5.74, 6) is -3.01. The van der Waals surface area contributed by atoms with E-state index in [1.54, 1.807) is 20.9 Å². The highest BCUT2D eigenvalue weighted by molar-refractivity contribution is 7.84. The number of aldehydes is 1. The van der Waals surface area contributed by atoms with E-state index in [1.807, 2.05) is 5.32 Å². The van der Waals surface area contributed by atoms with Crippen molar-refractivity contribution in [2.75, 3.05) is 12.4 Å². The van der Waals surface area contributed by atoms with Gasteiger partial charge in [-0.1, -0.05) is 19.0 Å². The van der Waals surface area contributed by atoms with Crippen LogP contribution in [0.2, 0.25) is 0 Å². The fourth-order valence-electron chi connectivity index (χ4n) is 2.65. The van der Waals surface area contributed by atoms with Gasteiger partial charge >= 0.3 is 10.3 Å². The summed E-state index contributed by atoms with van der Waals surface area (Å²) in [5, 5.41) is 10.1. The number of oxime groups is 1. The van der Waals surface area contributed by atoms with Gasteiger partial charge in [0.15, 0.2) is 22.7 Å². The lowest BCUT2D eigenvalue weighted by molar-refractivity contribution is -0.151. The molecule has 0 saturated carbocycles. The van der Waals surface area contributed by atoms with Crippen LogP contribution in [0.15, 0.2) is 10.5 Å². The lowest BCUT2D eigenvalue weighted by Gasteiger charge is -2.50. The minimum atomic E-state index is -5.39. The topological polar surface area (TPSA) is 167 Å². The molecule has 2 rings (SSSR count). The van der Waals surface area contributed by atoms with Gasteiger partial charge < -0.3 is 15.5 Å². The third-order valence-electron chi connectivity index (χ3n) is 4.67. The molecule has 0 radical (unpaired) electrons. The summed E-state index contributed by atoms with van der Waals surface area (Å²) >= 11 is 1.06. The third kappa shape index (κ3) is 4.70. The number of rotatable bonds is 10. The highest BCUT2D eigenvalue weighted by Gasteiger charge is 2.60. The van der Waals surface area contributed by atoms with Crippen LogP contribution in [-0.4, -0.2) is 70.3 Å². The molecular formula is C17H25N5O7S2. The number of aromatic nitrogens is 1. The summed E-state index contributed by atoms with van der Waals surface area (Å²) < 4.78 is 63.9. The molecule has 1 aromatic rings. The third-order valence-corrected chi connectivity index (χ3v) is 6.52. The van der Waals surface area contributed by atoms with Crippen molar-refractivity contribution in [1.82, 2.24) is 14.6 Å². The zero-order chi connectivity index (χ0) is 27.0. The van der Waals surface area contributed by atoms with Gasteiger partial charge in [0.2, 0.25) is 0 Å². The first-order valence-electron chi connectivity index (χ1n) is 11.0. The zero-order valence-electron chi connectivity index (χ0n) is 21.1. The fourth-order valence-corrected chi connectivity index (χ4v) is 4.16. The van der Waals surface area contributed by atoms with Crippen molar-refractivity contribution in [3.05, 3.63) is 11.1 Å². The minimum absolute atomic E-state index is 0.0959. The number of hydrogen-bond acceptors (Lipinski definition) is 10. The predicted octanol–water partition coefficient (Wildman–Crippen LogP) is 0.572. The van der Waals surface area contributed by atoms with Crippen LogP contribution < -0.4 is 10.6 Å². The quantitative estimate of drug-likeness (QED) is 0.143. The second-order valence-corrected chi connectivity index (χ2v) is 8.78. The molecule has 1 fully saturated rings. The Hall–Kier alpha value is -2.58. The number of nitrogens with zero attached hydrogens (tertiary/aromatic N) is 3. The molecule has 12 nitrogen and oxygen atoms in total. The maximum absolute atomic E-state index is 13.2. The molecule has 172 valence electrons. The Bertz CT molecular complexity index is 1150. The minimum Gasteiger partial charge on any atom is -0.381 e.